The number of allylic oxidation sites excluding steroid dienone is 1. The topological polar surface area (TPSA) is 34.1 Å². The second-order valence-corrected chi connectivity index (χ2v) is 1.93. The SMILES string of the molecule is [2H]C([2H])(C(C)=O)C(=O)CCC=C. The fourth-order valence-corrected chi connectivity index (χ4v) is 0.492. The maximum Gasteiger partial charge on any atom is 0.140 e. The molecule has 0 aliphatic heterocycles. The van der Waals surface area contributed by atoms with Gasteiger partial charge in [0.2, 0.25) is 0 Å². The monoisotopic (exact) mass is 142 g/mol. The zero-order valence-electron chi connectivity index (χ0n) is 8.02. The van der Waals surface area contributed by atoms with Gasteiger partial charge in [-0.05, 0) is 13.3 Å². The minimum atomic E-state index is -2.32. The van der Waals surface area contributed by atoms with Gasteiger partial charge in [-0.1, -0.05) is 6.08 Å². The third kappa shape index (κ3) is 5.22. The number of rotatable bonds is 5. The Morgan fingerprint density at radius 3 is 2.70 bits per heavy atom. The summed E-state index contributed by atoms with van der Waals surface area (Å²) in [5.41, 5.74) is 0. The van der Waals surface area contributed by atoms with E-state index in [9.17, 15) is 9.59 Å². The number of ketones is 2. The molecule has 0 spiro atoms. The maximum absolute atomic E-state index is 11.0. The molecule has 0 atom stereocenters. The molecule has 2 heteroatoms. The van der Waals surface area contributed by atoms with E-state index >= 15 is 0 Å². The van der Waals surface area contributed by atoms with E-state index in [1.54, 1.807) is 0 Å². The van der Waals surface area contributed by atoms with Crippen LogP contribution in [0, 0.1) is 0 Å². The summed E-state index contributed by atoms with van der Waals surface area (Å²) in [5, 5.41) is 0. The third-order valence-electron chi connectivity index (χ3n) is 0.891. The number of Topliss-reactive ketones (excluding diaryl/α,β-unsaturated/α-hetero) is 2. The van der Waals surface area contributed by atoms with E-state index in [4.69, 9.17) is 2.74 Å². The number of hydrogen-bond donors (Lipinski definition) is 0. The van der Waals surface area contributed by atoms with E-state index in [0.717, 1.165) is 6.92 Å². The summed E-state index contributed by atoms with van der Waals surface area (Å²) in [7, 11) is 0. The van der Waals surface area contributed by atoms with Gasteiger partial charge >= 0.3 is 0 Å². The fraction of sp³-hybridized carbons (Fsp3) is 0.500. The molecule has 0 unspecified atom stereocenters. The average molecular weight is 142 g/mol. The summed E-state index contributed by atoms with van der Waals surface area (Å²) in [6, 6.07) is 0. The van der Waals surface area contributed by atoms with Crippen molar-refractivity contribution < 1.29 is 12.3 Å². The number of hydrogen-bond acceptors (Lipinski definition) is 2. The Morgan fingerprint density at radius 1 is 1.70 bits per heavy atom. The van der Waals surface area contributed by atoms with Crippen molar-refractivity contribution in [3.63, 3.8) is 0 Å². The van der Waals surface area contributed by atoms with Crippen molar-refractivity contribution in [3.05, 3.63) is 12.7 Å². The van der Waals surface area contributed by atoms with Gasteiger partial charge in [-0.25, -0.2) is 0 Å². The smallest absolute Gasteiger partial charge is 0.140 e. The summed E-state index contributed by atoms with van der Waals surface area (Å²) in [6.45, 7) is 4.48. The molecule has 0 N–H and O–H groups in total. The largest absolute Gasteiger partial charge is 0.300 e. The van der Waals surface area contributed by atoms with Crippen LogP contribution in [0.2, 0.25) is 0 Å². The highest BCUT2D eigenvalue weighted by Gasteiger charge is 2.02. The zero-order valence-corrected chi connectivity index (χ0v) is 6.02. The molecule has 10 heavy (non-hydrogen) atoms. The third-order valence-corrected chi connectivity index (χ3v) is 0.891. The summed E-state index contributed by atoms with van der Waals surface area (Å²) in [4.78, 5) is 21.7. The molecule has 0 fully saturated rings. The van der Waals surface area contributed by atoms with Crippen molar-refractivity contribution >= 4 is 11.6 Å². The molecule has 0 aromatic rings. The van der Waals surface area contributed by atoms with Gasteiger partial charge in [0.1, 0.15) is 11.6 Å². The molecule has 0 heterocycles. The molecular formula is C8H12O2. The average Bonchev–Trinajstić information content (AvgIpc) is 1.99. The van der Waals surface area contributed by atoms with Gasteiger partial charge in [-0.15, -0.1) is 6.58 Å². The van der Waals surface area contributed by atoms with Crippen LogP contribution in [-0.4, -0.2) is 11.6 Å². The molecular weight excluding hydrogens is 128 g/mol. The molecule has 0 rings (SSSR count). The minimum absolute atomic E-state index is 0.0378. The molecule has 0 amide bonds. The summed E-state index contributed by atoms with van der Waals surface area (Å²) in [5.74, 6) is -1.41. The van der Waals surface area contributed by atoms with Gasteiger partial charge in [0.25, 0.3) is 0 Å². The van der Waals surface area contributed by atoms with Crippen molar-refractivity contribution in [3.8, 4) is 0 Å². The van der Waals surface area contributed by atoms with E-state index < -0.39 is 17.9 Å². The van der Waals surface area contributed by atoms with Crippen LogP contribution in [0.5, 0.6) is 0 Å². The molecule has 56 valence electrons. The first-order valence-corrected chi connectivity index (χ1v) is 3.08. The predicted molar refractivity (Wildman–Crippen MR) is 39.7 cm³/mol. The molecule has 0 aromatic carbocycles. The van der Waals surface area contributed by atoms with Crippen LogP contribution in [0.4, 0.5) is 0 Å². The number of carbonyl (C=O) groups is 2. The Kier molecular flexibility index (Phi) is 2.87. The molecule has 0 saturated carbocycles. The van der Waals surface area contributed by atoms with Crippen LogP contribution in [0.15, 0.2) is 12.7 Å². The Hall–Kier alpha value is -0.920. The maximum atomic E-state index is 11.0. The van der Waals surface area contributed by atoms with Crippen molar-refractivity contribution in [1.29, 1.82) is 0 Å². The van der Waals surface area contributed by atoms with Crippen LogP contribution in [-0.2, 0) is 9.59 Å². The zero-order chi connectivity index (χ0) is 9.78. The van der Waals surface area contributed by atoms with Crippen LogP contribution in [0.1, 0.15) is 28.9 Å². The van der Waals surface area contributed by atoms with Gasteiger partial charge in [0.05, 0.1) is 6.37 Å². The lowest BCUT2D eigenvalue weighted by atomic mass is 10.1. The van der Waals surface area contributed by atoms with Crippen molar-refractivity contribution in [2.45, 2.75) is 26.1 Å². The van der Waals surface area contributed by atoms with Gasteiger partial charge in [-0.3, -0.25) is 9.59 Å². The van der Waals surface area contributed by atoms with Gasteiger partial charge in [0.15, 0.2) is 0 Å². The molecule has 0 bridgehead atoms. The summed E-state index contributed by atoms with van der Waals surface area (Å²) >= 11 is 0. The highest BCUT2D eigenvalue weighted by molar-refractivity contribution is 5.97. The van der Waals surface area contributed by atoms with Crippen molar-refractivity contribution in [2.75, 3.05) is 0 Å². The predicted octanol–water partition coefficient (Wildman–Crippen LogP) is 1.50. The second-order valence-electron chi connectivity index (χ2n) is 1.93. The quantitative estimate of drug-likeness (QED) is 0.430. The number of carbonyl (C=O) groups excluding carboxylic acids is 2. The van der Waals surface area contributed by atoms with Crippen LogP contribution < -0.4 is 0 Å². The van der Waals surface area contributed by atoms with Crippen molar-refractivity contribution in [2.24, 2.45) is 0 Å². The first-order chi connectivity index (χ1) is 5.42. The summed E-state index contributed by atoms with van der Waals surface area (Å²) in [6.07, 6.45) is -0.348. The fourth-order valence-electron chi connectivity index (χ4n) is 0.492. The van der Waals surface area contributed by atoms with Crippen LogP contribution in [0.25, 0.3) is 0 Å². The molecule has 0 aromatic heterocycles. The second kappa shape index (κ2) is 4.91. The Labute approximate surface area is 63.7 Å². The first kappa shape index (κ1) is 5.83. The van der Waals surface area contributed by atoms with E-state index in [-0.39, 0.29) is 6.42 Å². The molecule has 0 saturated heterocycles. The van der Waals surface area contributed by atoms with Crippen LogP contribution in [0.3, 0.4) is 0 Å². The lowest BCUT2D eigenvalue weighted by Gasteiger charge is -1.92. The van der Waals surface area contributed by atoms with E-state index in [1.807, 2.05) is 0 Å². The van der Waals surface area contributed by atoms with Crippen LogP contribution >= 0.6 is 0 Å². The molecule has 0 aliphatic carbocycles. The van der Waals surface area contributed by atoms with E-state index in [2.05, 4.69) is 6.58 Å². The Balaban J connectivity index is 4.25. The van der Waals surface area contributed by atoms with E-state index in [1.165, 1.54) is 6.08 Å². The van der Waals surface area contributed by atoms with Crippen molar-refractivity contribution in [1.82, 2.24) is 0 Å². The first-order valence-electron chi connectivity index (χ1n) is 4.08. The normalized spacial score (nSPS) is 13.3. The highest BCUT2D eigenvalue weighted by Crippen LogP contribution is 1.95. The van der Waals surface area contributed by atoms with Gasteiger partial charge < -0.3 is 0 Å². The Bertz CT molecular complexity index is 209. The van der Waals surface area contributed by atoms with E-state index in [0.29, 0.717) is 6.42 Å². The lowest BCUT2D eigenvalue weighted by Crippen LogP contribution is -2.02. The van der Waals surface area contributed by atoms with Gasteiger partial charge in [0, 0.05) is 9.16 Å². The van der Waals surface area contributed by atoms with Gasteiger partial charge in [-0.2, -0.15) is 0 Å². The molecule has 2 nitrogen and oxygen atoms in total. The standard InChI is InChI=1S/C8H12O2/c1-3-4-5-8(10)6-7(2)9/h3H,1,4-6H2,2H3/i6D2. The highest BCUT2D eigenvalue weighted by atomic mass is 16.1. The Morgan fingerprint density at radius 2 is 2.30 bits per heavy atom. The molecule has 0 aliphatic rings. The molecule has 0 radical (unpaired) electrons. The minimum Gasteiger partial charge on any atom is -0.300 e. The lowest BCUT2D eigenvalue weighted by molar-refractivity contribution is -0.125. The summed E-state index contributed by atoms with van der Waals surface area (Å²) < 4.78 is 14.2.